The second-order valence-corrected chi connectivity index (χ2v) is 6.25. The number of nitrogens with zero attached hydrogens (tertiary/aromatic N) is 2. The summed E-state index contributed by atoms with van der Waals surface area (Å²) < 4.78 is 5.43. The summed E-state index contributed by atoms with van der Waals surface area (Å²) in [5, 5.41) is 6.83. The van der Waals surface area contributed by atoms with Crippen molar-refractivity contribution in [2.75, 3.05) is 0 Å². The molecule has 1 aromatic heterocycles. The lowest BCUT2D eigenvalue weighted by Gasteiger charge is -2.21. The smallest absolute Gasteiger partial charge is 0.345 e. The van der Waals surface area contributed by atoms with Crippen molar-refractivity contribution in [3.8, 4) is 0 Å². The van der Waals surface area contributed by atoms with Gasteiger partial charge in [-0.1, -0.05) is 55.5 Å². The molecular formula is C21H18N2O3. The van der Waals surface area contributed by atoms with Gasteiger partial charge in [0.25, 0.3) is 0 Å². The number of rotatable bonds is 3. The Hall–Kier alpha value is -3.21. The Kier molecular flexibility index (Phi) is 4.13. The van der Waals surface area contributed by atoms with E-state index in [1.54, 1.807) is 12.1 Å². The highest BCUT2D eigenvalue weighted by molar-refractivity contribution is 6.04. The van der Waals surface area contributed by atoms with Crippen LogP contribution in [0, 0.1) is 0 Å². The molecule has 1 atom stereocenters. The Bertz CT molecular complexity index is 1050. The predicted molar refractivity (Wildman–Crippen MR) is 100.0 cm³/mol. The number of benzene rings is 2. The number of carbonyl (C=O) groups is 1. The fraction of sp³-hybridized carbons (Fsp3) is 0.190. The van der Waals surface area contributed by atoms with E-state index in [0.717, 1.165) is 10.9 Å². The molecule has 1 aliphatic heterocycles. The van der Waals surface area contributed by atoms with Crippen LogP contribution in [0.2, 0.25) is 0 Å². The molecule has 0 saturated heterocycles. The van der Waals surface area contributed by atoms with E-state index >= 15 is 0 Å². The zero-order valence-electron chi connectivity index (χ0n) is 14.4. The highest BCUT2D eigenvalue weighted by atomic mass is 16.4. The third kappa shape index (κ3) is 2.81. The molecule has 0 fully saturated rings. The van der Waals surface area contributed by atoms with Gasteiger partial charge in [-0.15, -0.1) is 0 Å². The molecule has 2 heterocycles. The van der Waals surface area contributed by atoms with Crippen molar-refractivity contribution in [3.63, 3.8) is 0 Å². The first-order chi connectivity index (χ1) is 12.7. The van der Waals surface area contributed by atoms with Gasteiger partial charge in [0, 0.05) is 18.2 Å². The van der Waals surface area contributed by atoms with Gasteiger partial charge < -0.3 is 4.42 Å². The zero-order chi connectivity index (χ0) is 18.1. The van der Waals surface area contributed by atoms with E-state index in [2.05, 4.69) is 5.10 Å². The molecule has 0 N–H and O–H groups in total. The van der Waals surface area contributed by atoms with E-state index in [1.807, 2.05) is 55.5 Å². The van der Waals surface area contributed by atoms with Gasteiger partial charge in [-0.3, -0.25) is 4.79 Å². The van der Waals surface area contributed by atoms with E-state index in [0.29, 0.717) is 29.7 Å². The summed E-state index contributed by atoms with van der Waals surface area (Å²) in [6.07, 6.45) is 0.839. The van der Waals surface area contributed by atoms with Gasteiger partial charge in [0.1, 0.15) is 5.58 Å². The Labute approximate surface area is 150 Å². The van der Waals surface area contributed by atoms with Crippen LogP contribution in [0.15, 0.2) is 75.0 Å². The SMILES string of the molecule is CCC(=O)N1N=C(c2cc3ccccc3oc2=O)CC1c1ccccc1. The van der Waals surface area contributed by atoms with Crippen molar-refractivity contribution in [1.29, 1.82) is 0 Å². The minimum atomic E-state index is -0.431. The average Bonchev–Trinajstić information content (AvgIpc) is 3.12. The Morgan fingerprint density at radius 2 is 1.88 bits per heavy atom. The van der Waals surface area contributed by atoms with Gasteiger partial charge in [0.05, 0.1) is 17.3 Å². The van der Waals surface area contributed by atoms with Crippen LogP contribution in [0.3, 0.4) is 0 Å². The highest BCUT2D eigenvalue weighted by Crippen LogP contribution is 2.32. The fourth-order valence-corrected chi connectivity index (χ4v) is 3.26. The third-order valence-corrected chi connectivity index (χ3v) is 4.61. The maximum atomic E-state index is 12.5. The molecule has 0 spiro atoms. The van der Waals surface area contributed by atoms with Gasteiger partial charge in [-0.2, -0.15) is 5.10 Å². The number of hydrazone groups is 1. The molecule has 1 amide bonds. The molecule has 1 aliphatic rings. The summed E-state index contributed by atoms with van der Waals surface area (Å²) >= 11 is 0. The van der Waals surface area contributed by atoms with Crippen molar-refractivity contribution in [3.05, 3.63) is 82.2 Å². The Morgan fingerprint density at radius 3 is 2.65 bits per heavy atom. The zero-order valence-corrected chi connectivity index (χ0v) is 14.4. The van der Waals surface area contributed by atoms with Crippen LogP contribution in [0.5, 0.6) is 0 Å². The normalized spacial score (nSPS) is 16.7. The molecule has 4 rings (SSSR count). The summed E-state index contributed by atoms with van der Waals surface area (Å²) in [7, 11) is 0. The fourth-order valence-electron chi connectivity index (χ4n) is 3.26. The molecule has 0 bridgehead atoms. The van der Waals surface area contributed by atoms with Crippen LogP contribution in [0.1, 0.15) is 36.9 Å². The molecule has 1 unspecified atom stereocenters. The molecule has 2 aromatic carbocycles. The second kappa shape index (κ2) is 6.59. The number of amides is 1. The molecule has 3 aromatic rings. The van der Waals surface area contributed by atoms with Crippen LogP contribution < -0.4 is 5.63 Å². The molecule has 5 heteroatoms. The monoisotopic (exact) mass is 346 g/mol. The molecule has 130 valence electrons. The average molecular weight is 346 g/mol. The number of hydrogen-bond donors (Lipinski definition) is 0. The number of fused-ring (bicyclic) bond motifs is 1. The van der Waals surface area contributed by atoms with Crippen LogP contribution >= 0.6 is 0 Å². The lowest BCUT2D eigenvalue weighted by Crippen LogP contribution is -2.26. The Balaban J connectivity index is 1.78. The summed E-state index contributed by atoms with van der Waals surface area (Å²) in [4.78, 5) is 24.8. The first kappa shape index (κ1) is 16.3. The lowest BCUT2D eigenvalue weighted by molar-refractivity contribution is -0.132. The number of para-hydroxylation sites is 1. The van der Waals surface area contributed by atoms with E-state index < -0.39 is 5.63 Å². The standard InChI is InChI=1S/C21H18N2O3/c1-2-20(24)23-18(14-8-4-3-5-9-14)13-17(22-23)16-12-15-10-6-7-11-19(15)26-21(16)25/h3-12,18H,2,13H2,1H3. The van der Waals surface area contributed by atoms with Crippen molar-refractivity contribution in [1.82, 2.24) is 5.01 Å². The minimum Gasteiger partial charge on any atom is -0.422 e. The van der Waals surface area contributed by atoms with E-state index in [-0.39, 0.29) is 11.9 Å². The summed E-state index contributed by atoms with van der Waals surface area (Å²) in [5.74, 6) is -0.0703. The van der Waals surface area contributed by atoms with Crippen molar-refractivity contribution >= 4 is 22.6 Å². The van der Waals surface area contributed by atoms with Gasteiger partial charge in [0.15, 0.2) is 0 Å². The largest absolute Gasteiger partial charge is 0.422 e. The maximum absolute atomic E-state index is 12.5. The molecular weight excluding hydrogens is 328 g/mol. The third-order valence-electron chi connectivity index (χ3n) is 4.61. The van der Waals surface area contributed by atoms with Crippen LogP contribution in [0.4, 0.5) is 0 Å². The molecule has 26 heavy (non-hydrogen) atoms. The van der Waals surface area contributed by atoms with Crippen LogP contribution in [-0.4, -0.2) is 16.6 Å². The molecule has 0 aliphatic carbocycles. The van der Waals surface area contributed by atoms with Crippen molar-refractivity contribution in [2.45, 2.75) is 25.8 Å². The summed E-state index contributed by atoms with van der Waals surface area (Å²) in [6, 6.07) is 18.7. The second-order valence-electron chi connectivity index (χ2n) is 6.25. The lowest BCUT2D eigenvalue weighted by atomic mass is 9.98. The molecule has 0 radical (unpaired) electrons. The van der Waals surface area contributed by atoms with Crippen LogP contribution in [-0.2, 0) is 4.79 Å². The first-order valence-electron chi connectivity index (χ1n) is 8.65. The summed E-state index contributed by atoms with van der Waals surface area (Å²) in [6.45, 7) is 1.81. The Morgan fingerprint density at radius 1 is 1.15 bits per heavy atom. The quantitative estimate of drug-likeness (QED) is 0.676. The van der Waals surface area contributed by atoms with Gasteiger partial charge in [-0.05, 0) is 17.7 Å². The summed E-state index contributed by atoms with van der Waals surface area (Å²) in [5.41, 5.74) is 2.11. The molecule has 5 nitrogen and oxygen atoms in total. The first-order valence-corrected chi connectivity index (χ1v) is 8.65. The van der Waals surface area contributed by atoms with E-state index in [9.17, 15) is 9.59 Å². The maximum Gasteiger partial charge on any atom is 0.345 e. The molecule has 0 saturated carbocycles. The topological polar surface area (TPSA) is 62.9 Å². The van der Waals surface area contributed by atoms with Crippen molar-refractivity contribution in [2.24, 2.45) is 5.10 Å². The number of carbonyl (C=O) groups excluding carboxylic acids is 1. The van der Waals surface area contributed by atoms with Crippen molar-refractivity contribution < 1.29 is 9.21 Å². The van der Waals surface area contributed by atoms with E-state index in [1.165, 1.54) is 5.01 Å². The van der Waals surface area contributed by atoms with E-state index in [4.69, 9.17) is 4.42 Å². The number of hydrogen-bond acceptors (Lipinski definition) is 4. The van der Waals surface area contributed by atoms with Crippen LogP contribution in [0.25, 0.3) is 11.0 Å². The van der Waals surface area contributed by atoms with Gasteiger partial charge >= 0.3 is 5.63 Å². The van der Waals surface area contributed by atoms with Gasteiger partial charge in [-0.25, -0.2) is 9.80 Å². The van der Waals surface area contributed by atoms with Gasteiger partial charge in [0.2, 0.25) is 5.91 Å². The predicted octanol–water partition coefficient (Wildman–Crippen LogP) is 3.88. The minimum absolute atomic E-state index is 0.0703. The highest BCUT2D eigenvalue weighted by Gasteiger charge is 2.33.